The molecule has 0 aliphatic heterocycles. The fraction of sp³-hybridized carbons (Fsp3) is 0.200. The summed E-state index contributed by atoms with van der Waals surface area (Å²) in [4.78, 5) is 10.5. The second kappa shape index (κ2) is 4.94. The first-order chi connectivity index (χ1) is 9.69. The highest BCUT2D eigenvalue weighted by atomic mass is 16.3. The van der Waals surface area contributed by atoms with Crippen molar-refractivity contribution in [1.29, 1.82) is 0 Å². The molecule has 0 aliphatic carbocycles. The molecule has 0 saturated carbocycles. The summed E-state index contributed by atoms with van der Waals surface area (Å²) >= 11 is 0. The number of rotatable bonds is 3. The Morgan fingerprint density at radius 2 is 1.95 bits per heavy atom. The molecule has 0 unspecified atom stereocenters. The molecule has 3 aromatic rings. The van der Waals surface area contributed by atoms with E-state index in [0.29, 0.717) is 11.5 Å². The number of anilines is 1. The predicted molar refractivity (Wildman–Crippen MR) is 77.5 cm³/mol. The summed E-state index contributed by atoms with van der Waals surface area (Å²) < 4.78 is 5.79. The molecule has 0 aliphatic rings. The molecule has 0 atom stereocenters. The van der Waals surface area contributed by atoms with E-state index in [4.69, 9.17) is 4.42 Å². The highest BCUT2D eigenvalue weighted by Crippen LogP contribution is 2.29. The molecule has 0 radical (unpaired) electrons. The maximum absolute atomic E-state index is 9.51. The van der Waals surface area contributed by atoms with Crippen LogP contribution in [-0.2, 0) is 6.61 Å². The van der Waals surface area contributed by atoms with Crippen LogP contribution in [0.1, 0.15) is 5.56 Å². The number of benzene rings is 1. The van der Waals surface area contributed by atoms with Crippen molar-refractivity contribution in [3.63, 3.8) is 0 Å². The normalized spacial score (nSPS) is 10.9. The largest absolute Gasteiger partial charge is 0.436 e. The van der Waals surface area contributed by atoms with Crippen LogP contribution in [0.5, 0.6) is 0 Å². The monoisotopic (exact) mass is 269 g/mol. The third-order valence-corrected chi connectivity index (χ3v) is 3.17. The number of nitrogens with zero attached hydrogens (tertiary/aromatic N) is 3. The second-order valence-electron chi connectivity index (χ2n) is 4.76. The van der Waals surface area contributed by atoms with E-state index in [1.165, 1.54) is 0 Å². The summed E-state index contributed by atoms with van der Waals surface area (Å²) in [6.45, 7) is -0.0802. The Kier molecular flexibility index (Phi) is 3.12. The summed E-state index contributed by atoms with van der Waals surface area (Å²) in [7, 11) is 3.90. The van der Waals surface area contributed by atoms with Gasteiger partial charge in [-0.25, -0.2) is 4.98 Å². The maximum Gasteiger partial charge on any atom is 0.227 e. The molecule has 3 rings (SSSR count). The number of fused-ring (bicyclic) bond motifs is 1. The Hall–Kier alpha value is -2.40. The summed E-state index contributed by atoms with van der Waals surface area (Å²) in [5.74, 6) is 0.535. The minimum Gasteiger partial charge on any atom is -0.436 e. The van der Waals surface area contributed by atoms with E-state index in [1.807, 2.05) is 43.3 Å². The maximum atomic E-state index is 9.51. The summed E-state index contributed by atoms with van der Waals surface area (Å²) in [5.41, 5.74) is 3.96. The molecule has 0 spiro atoms. The van der Waals surface area contributed by atoms with Gasteiger partial charge in [-0.15, -0.1) is 0 Å². The zero-order chi connectivity index (χ0) is 14.1. The van der Waals surface area contributed by atoms with Crippen LogP contribution in [0.25, 0.3) is 22.6 Å². The van der Waals surface area contributed by atoms with Gasteiger partial charge in [-0.2, -0.15) is 0 Å². The van der Waals surface area contributed by atoms with Gasteiger partial charge in [0, 0.05) is 43.3 Å². The van der Waals surface area contributed by atoms with Crippen LogP contribution in [0.4, 0.5) is 5.69 Å². The van der Waals surface area contributed by atoms with E-state index in [9.17, 15) is 5.11 Å². The van der Waals surface area contributed by atoms with Crippen LogP contribution in [0.15, 0.2) is 41.1 Å². The van der Waals surface area contributed by atoms with E-state index in [-0.39, 0.29) is 6.61 Å². The number of hydrogen-bond donors (Lipinski definition) is 1. The van der Waals surface area contributed by atoms with Crippen molar-refractivity contribution in [2.45, 2.75) is 6.61 Å². The van der Waals surface area contributed by atoms with Gasteiger partial charge in [0.1, 0.15) is 5.52 Å². The molecule has 2 aromatic heterocycles. The van der Waals surface area contributed by atoms with Crippen molar-refractivity contribution in [2.24, 2.45) is 0 Å². The van der Waals surface area contributed by atoms with Gasteiger partial charge in [0.2, 0.25) is 5.89 Å². The standard InChI is InChI=1S/C15H15N3O2/c1-18(2)12-7-11(9-19)14-13(8-12)17-15(20-14)10-3-5-16-6-4-10/h3-8,19H,9H2,1-2H3. The molecule has 102 valence electrons. The number of aliphatic hydroxyl groups excluding tert-OH is 1. The highest BCUT2D eigenvalue weighted by Gasteiger charge is 2.13. The number of oxazole rings is 1. The van der Waals surface area contributed by atoms with Crippen LogP contribution in [0.3, 0.4) is 0 Å². The van der Waals surface area contributed by atoms with Crippen LogP contribution in [0.2, 0.25) is 0 Å². The lowest BCUT2D eigenvalue weighted by molar-refractivity contribution is 0.282. The van der Waals surface area contributed by atoms with Crippen molar-refractivity contribution < 1.29 is 9.52 Å². The van der Waals surface area contributed by atoms with Gasteiger partial charge in [0.15, 0.2) is 5.58 Å². The third-order valence-electron chi connectivity index (χ3n) is 3.17. The Bertz CT molecular complexity index is 735. The first kappa shape index (κ1) is 12.6. The molecule has 0 amide bonds. The fourth-order valence-electron chi connectivity index (χ4n) is 2.08. The van der Waals surface area contributed by atoms with E-state index in [2.05, 4.69) is 9.97 Å². The van der Waals surface area contributed by atoms with Crippen LogP contribution < -0.4 is 4.90 Å². The predicted octanol–water partition coefficient (Wildman–Crippen LogP) is 2.45. The van der Waals surface area contributed by atoms with E-state index in [1.54, 1.807) is 12.4 Å². The van der Waals surface area contributed by atoms with Gasteiger partial charge in [0.25, 0.3) is 0 Å². The van der Waals surface area contributed by atoms with Gasteiger partial charge in [-0.1, -0.05) is 0 Å². The molecule has 1 N–H and O–H groups in total. The molecular formula is C15H15N3O2. The Morgan fingerprint density at radius 3 is 2.60 bits per heavy atom. The zero-order valence-electron chi connectivity index (χ0n) is 11.4. The van der Waals surface area contributed by atoms with Crippen LogP contribution in [0, 0.1) is 0 Å². The number of hydrogen-bond acceptors (Lipinski definition) is 5. The van der Waals surface area contributed by atoms with Gasteiger partial charge >= 0.3 is 0 Å². The van der Waals surface area contributed by atoms with Gasteiger partial charge in [-0.3, -0.25) is 4.98 Å². The van der Waals surface area contributed by atoms with Crippen molar-refractivity contribution in [2.75, 3.05) is 19.0 Å². The minimum absolute atomic E-state index is 0.0802. The molecule has 0 fully saturated rings. The molecule has 5 nitrogen and oxygen atoms in total. The van der Waals surface area contributed by atoms with Gasteiger partial charge < -0.3 is 14.4 Å². The lowest BCUT2D eigenvalue weighted by atomic mass is 10.1. The molecule has 20 heavy (non-hydrogen) atoms. The fourth-order valence-corrected chi connectivity index (χ4v) is 2.08. The van der Waals surface area contributed by atoms with Crippen molar-refractivity contribution in [1.82, 2.24) is 9.97 Å². The van der Waals surface area contributed by atoms with E-state index in [0.717, 1.165) is 22.3 Å². The summed E-state index contributed by atoms with van der Waals surface area (Å²) in [6.07, 6.45) is 3.39. The zero-order valence-corrected chi connectivity index (χ0v) is 11.4. The quantitative estimate of drug-likeness (QED) is 0.791. The van der Waals surface area contributed by atoms with E-state index < -0.39 is 0 Å². The topological polar surface area (TPSA) is 62.4 Å². The van der Waals surface area contributed by atoms with Crippen LogP contribution in [-0.4, -0.2) is 29.2 Å². The lowest BCUT2D eigenvalue weighted by Crippen LogP contribution is -2.08. The Morgan fingerprint density at radius 1 is 1.20 bits per heavy atom. The Labute approximate surface area is 116 Å². The van der Waals surface area contributed by atoms with Crippen molar-refractivity contribution in [3.05, 3.63) is 42.2 Å². The Balaban J connectivity index is 2.20. The average molecular weight is 269 g/mol. The van der Waals surface area contributed by atoms with Gasteiger partial charge in [0.05, 0.1) is 6.61 Å². The lowest BCUT2D eigenvalue weighted by Gasteiger charge is -2.13. The molecule has 1 aromatic carbocycles. The number of aromatic nitrogens is 2. The highest BCUT2D eigenvalue weighted by molar-refractivity contribution is 5.83. The average Bonchev–Trinajstić information content (AvgIpc) is 2.91. The van der Waals surface area contributed by atoms with Crippen molar-refractivity contribution >= 4 is 16.8 Å². The third kappa shape index (κ3) is 2.12. The molecule has 0 bridgehead atoms. The SMILES string of the molecule is CN(C)c1cc(CO)c2oc(-c3ccncc3)nc2c1. The first-order valence-corrected chi connectivity index (χ1v) is 6.31. The first-order valence-electron chi connectivity index (χ1n) is 6.31. The number of aliphatic hydroxyl groups is 1. The molecule has 5 heteroatoms. The van der Waals surface area contributed by atoms with Crippen molar-refractivity contribution in [3.8, 4) is 11.5 Å². The van der Waals surface area contributed by atoms with Gasteiger partial charge in [-0.05, 0) is 24.3 Å². The smallest absolute Gasteiger partial charge is 0.227 e. The van der Waals surface area contributed by atoms with E-state index >= 15 is 0 Å². The molecule has 2 heterocycles. The summed E-state index contributed by atoms with van der Waals surface area (Å²) in [6, 6.07) is 7.54. The number of pyridine rings is 1. The molecule has 0 saturated heterocycles. The molecular weight excluding hydrogens is 254 g/mol. The van der Waals surface area contributed by atoms with Crippen LogP contribution >= 0.6 is 0 Å². The minimum atomic E-state index is -0.0802. The second-order valence-corrected chi connectivity index (χ2v) is 4.76. The summed E-state index contributed by atoms with van der Waals surface area (Å²) in [5, 5.41) is 9.51.